The van der Waals surface area contributed by atoms with Crippen LogP contribution in [-0.2, 0) is 11.4 Å². The second kappa shape index (κ2) is 12.3. The molecule has 10 nitrogen and oxygen atoms in total. The lowest BCUT2D eigenvalue weighted by molar-refractivity contribution is -0.125. The van der Waals surface area contributed by atoms with Gasteiger partial charge in [-0.3, -0.25) is 19.1 Å². The van der Waals surface area contributed by atoms with Crippen molar-refractivity contribution in [1.82, 2.24) is 30.2 Å². The molecule has 0 bridgehead atoms. The third kappa shape index (κ3) is 5.98. The summed E-state index contributed by atoms with van der Waals surface area (Å²) < 4.78 is 34.3. The highest BCUT2D eigenvalue weighted by Crippen LogP contribution is 2.30. The maximum Gasteiger partial charge on any atom is 0.277 e. The molecule has 1 atom stereocenters. The Kier molecular flexibility index (Phi) is 8.53. The number of hydrogen-bond donors (Lipinski definition) is 2. The van der Waals surface area contributed by atoms with Gasteiger partial charge in [-0.25, -0.2) is 18.7 Å². The molecule has 0 spiro atoms. The van der Waals surface area contributed by atoms with Crippen LogP contribution in [0.1, 0.15) is 42.9 Å². The van der Waals surface area contributed by atoms with E-state index in [2.05, 4.69) is 25.5 Å². The van der Waals surface area contributed by atoms with Gasteiger partial charge >= 0.3 is 0 Å². The van der Waals surface area contributed by atoms with Crippen molar-refractivity contribution in [2.45, 2.75) is 39.3 Å². The number of halogens is 3. The number of carbonyl (C=O) groups is 1. The SMILES string of the molecule is CNC(=O)C1CCN(c2nccc(C3C=C(n4c(C)cc(OCc5ncc(F)cc5F)c(Cl)c4=O)C(C)=CN3)n2)CC1. The van der Waals surface area contributed by atoms with E-state index in [0.29, 0.717) is 42.2 Å². The number of allylic oxidation sites excluding steroid dienone is 2. The quantitative estimate of drug-likeness (QED) is 0.422. The molecule has 1 amide bonds. The molecular formula is C29H30ClF2N7O3. The van der Waals surface area contributed by atoms with Gasteiger partial charge in [-0.05, 0) is 44.4 Å². The molecule has 2 N–H and O–H groups in total. The Morgan fingerprint density at radius 3 is 2.69 bits per heavy atom. The predicted octanol–water partition coefficient (Wildman–Crippen LogP) is 3.90. The van der Waals surface area contributed by atoms with Crippen molar-refractivity contribution in [2.75, 3.05) is 25.0 Å². The number of aromatic nitrogens is 4. The van der Waals surface area contributed by atoms with Gasteiger partial charge in [0.15, 0.2) is 5.82 Å². The molecule has 0 saturated carbocycles. The molecule has 1 unspecified atom stereocenters. The fourth-order valence-corrected chi connectivity index (χ4v) is 5.26. The van der Waals surface area contributed by atoms with Gasteiger partial charge < -0.3 is 20.3 Å². The number of rotatable bonds is 7. The number of dihydropyridines is 1. The average Bonchev–Trinajstić information content (AvgIpc) is 2.99. The van der Waals surface area contributed by atoms with Gasteiger partial charge in [0, 0.05) is 56.3 Å². The van der Waals surface area contributed by atoms with Crippen LogP contribution in [-0.4, -0.2) is 45.6 Å². The summed E-state index contributed by atoms with van der Waals surface area (Å²) in [6, 6.07) is 3.74. The maximum atomic E-state index is 14.0. The first-order chi connectivity index (χ1) is 20.2. The molecule has 0 aromatic carbocycles. The molecule has 220 valence electrons. The van der Waals surface area contributed by atoms with Crippen LogP contribution in [0.15, 0.2) is 53.2 Å². The molecule has 0 radical (unpaired) electrons. The highest BCUT2D eigenvalue weighted by Gasteiger charge is 2.27. The van der Waals surface area contributed by atoms with Crippen molar-refractivity contribution in [3.8, 4) is 5.75 Å². The first-order valence-corrected chi connectivity index (χ1v) is 13.8. The molecule has 2 aliphatic rings. The van der Waals surface area contributed by atoms with Crippen molar-refractivity contribution in [1.29, 1.82) is 0 Å². The van der Waals surface area contributed by atoms with Crippen molar-refractivity contribution in [2.24, 2.45) is 5.92 Å². The Bertz CT molecular complexity index is 1630. The fraction of sp³-hybridized carbons (Fsp3) is 0.345. The summed E-state index contributed by atoms with van der Waals surface area (Å²) in [7, 11) is 1.65. The van der Waals surface area contributed by atoms with Crippen molar-refractivity contribution in [3.05, 3.63) is 92.5 Å². The zero-order valence-electron chi connectivity index (χ0n) is 23.3. The predicted molar refractivity (Wildman–Crippen MR) is 154 cm³/mol. The monoisotopic (exact) mass is 597 g/mol. The highest BCUT2D eigenvalue weighted by molar-refractivity contribution is 6.31. The summed E-state index contributed by atoms with van der Waals surface area (Å²) in [6.07, 6.45) is 7.73. The number of carbonyl (C=O) groups excluding carboxylic acids is 1. The Morgan fingerprint density at radius 2 is 1.98 bits per heavy atom. The first-order valence-electron chi connectivity index (χ1n) is 13.5. The lowest BCUT2D eigenvalue weighted by Gasteiger charge is -2.31. The van der Waals surface area contributed by atoms with Crippen LogP contribution in [0, 0.1) is 24.5 Å². The molecule has 13 heteroatoms. The summed E-state index contributed by atoms with van der Waals surface area (Å²) in [5.74, 6) is -0.974. The van der Waals surface area contributed by atoms with Gasteiger partial charge in [0.25, 0.3) is 5.56 Å². The molecule has 42 heavy (non-hydrogen) atoms. The van der Waals surface area contributed by atoms with Crippen LogP contribution in [0.4, 0.5) is 14.7 Å². The van der Waals surface area contributed by atoms with Gasteiger partial charge in [0.05, 0.1) is 23.6 Å². The van der Waals surface area contributed by atoms with Gasteiger partial charge in [0.1, 0.15) is 28.9 Å². The Labute approximate surface area is 246 Å². The van der Waals surface area contributed by atoms with Crippen LogP contribution < -0.4 is 25.8 Å². The molecule has 5 rings (SSSR count). The minimum atomic E-state index is -0.857. The highest BCUT2D eigenvalue weighted by atomic mass is 35.5. The largest absolute Gasteiger partial charge is 0.485 e. The standard InChI is InChI=1S/C29H30ClF2N7O3/c1-16-13-35-22(21-4-7-34-29(37-21)38-8-5-18(6-9-38)27(40)33-3)12-24(16)39-17(2)10-25(26(30)28(39)41)42-15-23-20(32)11-19(31)14-36-23/h4,7,10-14,18,22,35H,5-6,8-9,15H2,1-3H3,(H,33,40). The third-order valence-corrected chi connectivity index (χ3v) is 7.72. The molecule has 2 aliphatic heterocycles. The number of hydrogen-bond acceptors (Lipinski definition) is 8. The van der Waals surface area contributed by atoms with Crippen LogP contribution in [0.3, 0.4) is 0 Å². The van der Waals surface area contributed by atoms with E-state index in [0.717, 1.165) is 24.6 Å². The van der Waals surface area contributed by atoms with E-state index in [9.17, 15) is 18.4 Å². The number of nitrogens with zero attached hydrogens (tertiary/aromatic N) is 5. The maximum absolute atomic E-state index is 14.0. The number of aryl methyl sites for hydroxylation is 1. The zero-order chi connectivity index (χ0) is 30.0. The Hall–Kier alpha value is -4.32. The van der Waals surface area contributed by atoms with Gasteiger partial charge in [0.2, 0.25) is 11.9 Å². The van der Waals surface area contributed by atoms with E-state index in [1.54, 1.807) is 26.2 Å². The normalized spacial score (nSPS) is 17.3. The van der Waals surface area contributed by atoms with Gasteiger partial charge in [-0.15, -0.1) is 0 Å². The van der Waals surface area contributed by atoms with Crippen LogP contribution >= 0.6 is 11.6 Å². The number of nitrogens with one attached hydrogen (secondary N) is 2. The molecular weight excluding hydrogens is 568 g/mol. The zero-order valence-corrected chi connectivity index (χ0v) is 24.1. The van der Waals surface area contributed by atoms with Gasteiger partial charge in [-0.2, -0.15) is 0 Å². The van der Waals surface area contributed by atoms with Crippen LogP contribution in [0.25, 0.3) is 5.70 Å². The summed E-state index contributed by atoms with van der Waals surface area (Å²) in [5.41, 5.74) is 2.03. The topological polar surface area (TPSA) is 114 Å². The smallest absolute Gasteiger partial charge is 0.277 e. The summed E-state index contributed by atoms with van der Waals surface area (Å²) in [6.45, 7) is 4.61. The van der Waals surface area contributed by atoms with E-state index >= 15 is 0 Å². The molecule has 3 aromatic rings. The van der Waals surface area contributed by atoms with Crippen LogP contribution in [0.2, 0.25) is 5.02 Å². The minimum absolute atomic E-state index is 0.0149. The van der Waals surface area contributed by atoms with Crippen molar-refractivity contribution < 1.29 is 18.3 Å². The molecule has 0 aliphatic carbocycles. The summed E-state index contributed by atoms with van der Waals surface area (Å²) in [4.78, 5) is 40.5. The molecule has 5 heterocycles. The molecule has 1 saturated heterocycles. The van der Waals surface area contributed by atoms with Crippen LogP contribution in [0.5, 0.6) is 5.75 Å². The summed E-state index contributed by atoms with van der Waals surface area (Å²) in [5, 5.41) is 5.85. The van der Waals surface area contributed by atoms with E-state index in [1.807, 2.05) is 25.3 Å². The molecule has 1 fully saturated rings. The lowest BCUT2D eigenvalue weighted by atomic mass is 9.96. The second-order valence-electron chi connectivity index (χ2n) is 10.2. The van der Waals surface area contributed by atoms with E-state index in [1.165, 1.54) is 4.57 Å². The molecule has 3 aromatic heterocycles. The number of amides is 1. The number of piperidine rings is 1. The average molecular weight is 598 g/mol. The van der Waals surface area contributed by atoms with E-state index < -0.39 is 17.2 Å². The Balaban J connectivity index is 1.38. The van der Waals surface area contributed by atoms with Gasteiger partial charge in [-0.1, -0.05) is 11.6 Å². The third-order valence-electron chi connectivity index (χ3n) is 7.38. The second-order valence-corrected chi connectivity index (χ2v) is 10.5. The van der Waals surface area contributed by atoms with Crippen molar-refractivity contribution >= 4 is 29.2 Å². The Morgan fingerprint density at radius 1 is 1.21 bits per heavy atom. The fourth-order valence-electron chi connectivity index (χ4n) is 5.06. The number of pyridine rings is 2. The minimum Gasteiger partial charge on any atom is -0.485 e. The van der Waals surface area contributed by atoms with E-state index in [4.69, 9.17) is 21.3 Å². The number of ether oxygens (including phenoxy) is 1. The summed E-state index contributed by atoms with van der Waals surface area (Å²) >= 11 is 6.42. The van der Waals surface area contributed by atoms with Crippen molar-refractivity contribution in [3.63, 3.8) is 0 Å². The number of anilines is 1. The van der Waals surface area contributed by atoms with E-state index in [-0.39, 0.29) is 40.9 Å². The first kappa shape index (κ1) is 29.2. The lowest BCUT2D eigenvalue weighted by Crippen LogP contribution is -2.40.